The average molecular weight is 348 g/mol. The van der Waals surface area contributed by atoms with Gasteiger partial charge in [0, 0.05) is 54.3 Å². The van der Waals surface area contributed by atoms with Crippen LogP contribution in [0.5, 0.6) is 0 Å². The van der Waals surface area contributed by atoms with Crippen LogP contribution in [0.1, 0.15) is 24.2 Å². The van der Waals surface area contributed by atoms with Crippen LogP contribution in [0.25, 0.3) is 0 Å². The first-order chi connectivity index (χ1) is 10.3. The lowest BCUT2D eigenvalue weighted by Gasteiger charge is -2.30. The Morgan fingerprint density at radius 1 is 1.29 bits per heavy atom. The molecule has 1 N–H and O–H groups in total. The molecule has 0 unspecified atom stereocenters. The van der Waals surface area contributed by atoms with Gasteiger partial charge in [0.2, 0.25) is 0 Å². The molecular weight excluding hydrogens is 330 g/mol. The average Bonchev–Trinajstić information content (AvgIpc) is 3.20. The number of pyridine rings is 1. The molecule has 0 saturated heterocycles. The van der Waals surface area contributed by atoms with Crippen molar-refractivity contribution in [1.29, 1.82) is 0 Å². The van der Waals surface area contributed by atoms with Crippen molar-refractivity contribution in [2.24, 2.45) is 0 Å². The predicted octanol–water partition coefficient (Wildman–Crippen LogP) is 2.31. The lowest BCUT2D eigenvalue weighted by molar-refractivity contribution is 0.552. The van der Waals surface area contributed by atoms with E-state index in [9.17, 15) is 0 Å². The molecular formula is C15H18BrN5. The highest BCUT2D eigenvalue weighted by atomic mass is 79.9. The lowest BCUT2D eigenvalue weighted by Crippen LogP contribution is -2.35. The standard InChI is InChI=1S/C15H18BrN5/c16-12-7-11(8-18-13-1-2-13)15(19-9-12)21-6-5-20-4-3-17-14(20)10-21/h3-4,7,9,13,18H,1-2,5-6,8,10H2. The summed E-state index contributed by atoms with van der Waals surface area (Å²) in [6.45, 7) is 3.67. The van der Waals surface area contributed by atoms with E-state index in [0.29, 0.717) is 6.04 Å². The highest BCUT2D eigenvalue weighted by molar-refractivity contribution is 9.10. The largest absolute Gasteiger partial charge is 0.347 e. The Labute approximate surface area is 132 Å². The van der Waals surface area contributed by atoms with Gasteiger partial charge in [0.15, 0.2) is 0 Å². The van der Waals surface area contributed by atoms with Crippen molar-refractivity contribution in [1.82, 2.24) is 19.9 Å². The van der Waals surface area contributed by atoms with Gasteiger partial charge in [0.25, 0.3) is 0 Å². The summed E-state index contributed by atoms with van der Waals surface area (Å²) in [5, 5.41) is 3.59. The number of hydrogen-bond acceptors (Lipinski definition) is 4. The van der Waals surface area contributed by atoms with E-state index in [0.717, 1.165) is 42.3 Å². The van der Waals surface area contributed by atoms with Crippen molar-refractivity contribution in [3.05, 3.63) is 40.5 Å². The van der Waals surface area contributed by atoms with Gasteiger partial charge in [-0.25, -0.2) is 9.97 Å². The normalized spacial score (nSPS) is 17.9. The first kappa shape index (κ1) is 13.3. The summed E-state index contributed by atoms with van der Waals surface area (Å²) in [6, 6.07) is 2.88. The SMILES string of the molecule is Brc1cnc(N2CCn3ccnc3C2)c(CNC2CC2)c1. The number of fused-ring (bicyclic) bond motifs is 1. The lowest BCUT2D eigenvalue weighted by atomic mass is 10.2. The molecule has 0 bridgehead atoms. The minimum Gasteiger partial charge on any atom is -0.347 e. The summed E-state index contributed by atoms with van der Waals surface area (Å²) >= 11 is 3.54. The fraction of sp³-hybridized carbons (Fsp3) is 0.467. The van der Waals surface area contributed by atoms with Gasteiger partial charge in [-0.05, 0) is 34.8 Å². The van der Waals surface area contributed by atoms with Gasteiger partial charge >= 0.3 is 0 Å². The molecule has 1 saturated carbocycles. The van der Waals surface area contributed by atoms with Crippen LogP contribution < -0.4 is 10.2 Å². The quantitative estimate of drug-likeness (QED) is 0.921. The van der Waals surface area contributed by atoms with E-state index in [1.807, 2.05) is 12.4 Å². The smallest absolute Gasteiger partial charge is 0.133 e. The van der Waals surface area contributed by atoms with E-state index in [-0.39, 0.29) is 0 Å². The van der Waals surface area contributed by atoms with E-state index < -0.39 is 0 Å². The molecule has 0 atom stereocenters. The molecule has 2 aromatic heterocycles. The maximum atomic E-state index is 4.66. The minimum absolute atomic E-state index is 0.706. The monoisotopic (exact) mass is 347 g/mol. The predicted molar refractivity (Wildman–Crippen MR) is 85.1 cm³/mol. The highest BCUT2D eigenvalue weighted by Gasteiger charge is 2.23. The molecule has 2 aromatic rings. The van der Waals surface area contributed by atoms with Gasteiger partial charge in [-0.2, -0.15) is 0 Å². The first-order valence-corrected chi connectivity index (χ1v) is 8.21. The van der Waals surface area contributed by atoms with E-state index in [2.05, 4.69) is 52.9 Å². The Bertz CT molecular complexity index is 649. The minimum atomic E-state index is 0.706. The number of imidazole rings is 1. The van der Waals surface area contributed by atoms with E-state index >= 15 is 0 Å². The molecule has 2 aliphatic rings. The van der Waals surface area contributed by atoms with Crippen LogP contribution in [0.3, 0.4) is 0 Å². The second-order valence-corrected chi connectivity index (χ2v) is 6.67. The summed E-state index contributed by atoms with van der Waals surface area (Å²) in [5.41, 5.74) is 1.26. The van der Waals surface area contributed by atoms with Crippen LogP contribution in [0, 0.1) is 0 Å². The topological polar surface area (TPSA) is 46.0 Å². The molecule has 6 heteroatoms. The van der Waals surface area contributed by atoms with Crippen molar-refractivity contribution in [2.45, 2.75) is 38.5 Å². The fourth-order valence-electron chi connectivity index (χ4n) is 2.78. The van der Waals surface area contributed by atoms with E-state index in [4.69, 9.17) is 0 Å². The molecule has 1 aliphatic heterocycles. The van der Waals surface area contributed by atoms with Gasteiger partial charge in [0.05, 0.1) is 6.54 Å². The Balaban J connectivity index is 1.58. The van der Waals surface area contributed by atoms with Gasteiger partial charge in [-0.15, -0.1) is 0 Å². The number of rotatable bonds is 4. The third kappa shape index (κ3) is 2.82. The van der Waals surface area contributed by atoms with Crippen LogP contribution in [-0.4, -0.2) is 27.1 Å². The number of halogens is 1. The molecule has 110 valence electrons. The zero-order valence-electron chi connectivity index (χ0n) is 11.8. The third-order valence-electron chi connectivity index (χ3n) is 4.11. The summed E-state index contributed by atoms with van der Waals surface area (Å²) < 4.78 is 3.26. The van der Waals surface area contributed by atoms with Crippen LogP contribution in [0.4, 0.5) is 5.82 Å². The molecule has 3 heterocycles. The van der Waals surface area contributed by atoms with Gasteiger partial charge in [-0.1, -0.05) is 0 Å². The zero-order valence-corrected chi connectivity index (χ0v) is 13.4. The summed E-state index contributed by atoms with van der Waals surface area (Å²) in [4.78, 5) is 11.4. The van der Waals surface area contributed by atoms with Crippen molar-refractivity contribution < 1.29 is 0 Å². The Morgan fingerprint density at radius 2 is 2.19 bits per heavy atom. The number of aromatic nitrogens is 3. The Morgan fingerprint density at radius 3 is 3.05 bits per heavy atom. The molecule has 1 fully saturated rings. The van der Waals surface area contributed by atoms with Crippen LogP contribution in [-0.2, 0) is 19.6 Å². The maximum absolute atomic E-state index is 4.66. The van der Waals surface area contributed by atoms with Gasteiger partial charge in [-0.3, -0.25) is 0 Å². The summed E-state index contributed by atoms with van der Waals surface area (Å²) in [5.74, 6) is 2.20. The summed E-state index contributed by atoms with van der Waals surface area (Å²) in [6.07, 6.45) is 8.42. The van der Waals surface area contributed by atoms with Gasteiger partial charge in [0.1, 0.15) is 11.6 Å². The zero-order chi connectivity index (χ0) is 14.2. The van der Waals surface area contributed by atoms with Crippen LogP contribution in [0.2, 0.25) is 0 Å². The Hall–Kier alpha value is -1.40. The number of anilines is 1. The van der Waals surface area contributed by atoms with Crippen molar-refractivity contribution in [3.63, 3.8) is 0 Å². The number of nitrogens with one attached hydrogen (secondary N) is 1. The van der Waals surface area contributed by atoms with Crippen molar-refractivity contribution in [3.8, 4) is 0 Å². The van der Waals surface area contributed by atoms with Gasteiger partial charge < -0.3 is 14.8 Å². The molecule has 5 nitrogen and oxygen atoms in total. The molecule has 0 aromatic carbocycles. The molecule has 0 spiro atoms. The molecule has 4 rings (SSSR count). The molecule has 0 radical (unpaired) electrons. The second-order valence-electron chi connectivity index (χ2n) is 5.75. The third-order valence-corrected chi connectivity index (χ3v) is 4.55. The number of hydrogen-bond donors (Lipinski definition) is 1. The Kier molecular flexibility index (Phi) is 3.43. The fourth-order valence-corrected chi connectivity index (χ4v) is 3.16. The number of nitrogens with zero attached hydrogens (tertiary/aromatic N) is 4. The van der Waals surface area contributed by atoms with Crippen LogP contribution >= 0.6 is 15.9 Å². The molecule has 21 heavy (non-hydrogen) atoms. The van der Waals surface area contributed by atoms with E-state index in [1.165, 1.54) is 18.4 Å². The van der Waals surface area contributed by atoms with Crippen molar-refractivity contribution in [2.75, 3.05) is 11.4 Å². The maximum Gasteiger partial charge on any atom is 0.133 e. The van der Waals surface area contributed by atoms with E-state index in [1.54, 1.807) is 0 Å². The second kappa shape index (κ2) is 5.42. The first-order valence-electron chi connectivity index (χ1n) is 7.42. The molecule has 1 aliphatic carbocycles. The molecule has 0 amide bonds. The highest BCUT2D eigenvalue weighted by Crippen LogP contribution is 2.26. The van der Waals surface area contributed by atoms with Crippen LogP contribution in [0.15, 0.2) is 29.1 Å². The van der Waals surface area contributed by atoms with Crippen molar-refractivity contribution >= 4 is 21.7 Å². The summed E-state index contributed by atoms with van der Waals surface area (Å²) in [7, 11) is 0.